The van der Waals surface area contributed by atoms with Gasteiger partial charge in [0.05, 0.1) is 18.3 Å². The largest absolute Gasteiger partial charge is 0.322 e. The average molecular weight is 442 g/mol. The van der Waals surface area contributed by atoms with Crippen LogP contribution in [0.3, 0.4) is 0 Å². The van der Waals surface area contributed by atoms with Crippen molar-refractivity contribution in [2.45, 2.75) is 26.4 Å². The molecule has 1 N–H and O–H groups in total. The molecule has 4 aromatic rings. The number of hydrogen-bond acceptors (Lipinski definition) is 1. The molecule has 0 saturated carbocycles. The summed E-state index contributed by atoms with van der Waals surface area (Å²) in [4.78, 5) is 15.6. The molecular formula is C27H24ClN3O. The molecule has 2 amide bonds. The van der Waals surface area contributed by atoms with Crippen molar-refractivity contribution in [3.8, 4) is 5.69 Å². The van der Waals surface area contributed by atoms with Gasteiger partial charge in [-0.05, 0) is 60.9 Å². The van der Waals surface area contributed by atoms with Crippen molar-refractivity contribution in [2.24, 2.45) is 0 Å². The molecule has 1 atom stereocenters. The van der Waals surface area contributed by atoms with E-state index in [0.29, 0.717) is 11.6 Å². The highest BCUT2D eigenvalue weighted by atomic mass is 35.5. The van der Waals surface area contributed by atoms with Crippen LogP contribution in [0.2, 0.25) is 5.02 Å². The number of nitrogens with zero attached hydrogens (tertiary/aromatic N) is 2. The Labute approximate surface area is 193 Å². The number of hydrogen-bond donors (Lipinski definition) is 1. The third-order valence-corrected chi connectivity index (χ3v) is 6.54. The van der Waals surface area contributed by atoms with E-state index < -0.39 is 0 Å². The summed E-state index contributed by atoms with van der Waals surface area (Å²) < 4.78 is 2.19. The Morgan fingerprint density at radius 3 is 2.53 bits per heavy atom. The summed E-state index contributed by atoms with van der Waals surface area (Å²) in [5.41, 5.74) is 7.08. The van der Waals surface area contributed by atoms with Crippen LogP contribution in [0.25, 0.3) is 5.69 Å². The number of amides is 2. The quantitative estimate of drug-likeness (QED) is 0.361. The maximum Gasteiger partial charge on any atom is 0.322 e. The molecule has 0 radical (unpaired) electrons. The Morgan fingerprint density at radius 1 is 0.938 bits per heavy atom. The minimum absolute atomic E-state index is 0.162. The topological polar surface area (TPSA) is 37.3 Å². The van der Waals surface area contributed by atoms with E-state index in [2.05, 4.69) is 65.5 Å². The Bertz CT molecular complexity index is 1290. The minimum Gasteiger partial charge on any atom is -0.318 e. The second kappa shape index (κ2) is 8.21. The molecule has 32 heavy (non-hydrogen) atoms. The fourth-order valence-corrected chi connectivity index (χ4v) is 4.54. The number of anilines is 1. The predicted molar refractivity (Wildman–Crippen MR) is 130 cm³/mol. The van der Waals surface area contributed by atoms with Crippen LogP contribution in [0.4, 0.5) is 10.5 Å². The summed E-state index contributed by atoms with van der Waals surface area (Å²) in [6.45, 7) is 4.47. The molecule has 1 aromatic heterocycles. The van der Waals surface area contributed by atoms with Crippen molar-refractivity contribution < 1.29 is 4.79 Å². The second-order valence-corrected chi connectivity index (χ2v) is 8.62. The van der Waals surface area contributed by atoms with E-state index in [1.807, 2.05) is 48.2 Å². The molecule has 0 bridgehead atoms. The molecular weight excluding hydrogens is 418 g/mol. The maximum absolute atomic E-state index is 13.7. The highest BCUT2D eigenvalue weighted by Gasteiger charge is 2.33. The molecule has 0 saturated heterocycles. The summed E-state index contributed by atoms with van der Waals surface area (Å²) in [7, 11) is 0. The first-order valence-corrected chi connectivity index (χ1v) is 11.1. The van der Waals surface area contributed by atoms with E-state index >= 15 is 0 Å². The van der Waals surface area contributed by atoms with Crippen LogP contribution in [0.1, 0.15) is 34.0 Å². The lowest BCUT2D eigenvalue weighted by molar-refractivity contribution is 0.194. The number of nitrogens with one attached hydrogen (secondary N) is 1. The van der Waals surface area contributed by atoms with Gasteiger partial charge < -0.3 is 14.8 Å². The van der Waals surface area contributed by atoms with Crippen molar-refractivity contribution in [1.29, 1.82) is 0 Å². The van der Waals surface area contributed by atoms with Gasteiger partial charge in [-0.15, -0.1) is 0 Å². The summed E-state index contributed by atoms with van der Waals surface area (Å²) in [6.07, 6.45) is 2.07. The standard InChI is InChI=1S/C27H24ClN3O/c1-18-12-14-20(15-13-18)26-25-11-6-16-30(25)24-10-4-3-7-21(24)17-31(26)27(32)29-23-9-5-8-22(28)19(23)2/h3-16,26H,17H2,1-2H3,(H,29,32)/t26-/m1/s1. The lowest BCUT2D eigenvalue weighted by Crippen LogP contribution is -2.38. The number of rotatable bonds is 2. The fourth-order valence-electron chi connectivity index (χ4n) is 4.37. The molecule has 0 fully saturated rings. The van der Waals surface area contributed by atoms with Gasteiger partial charge in [-0.1, -0.05) is 65.7 Å². The van der Waals surface area contributed by atoms with E-state index in [1.54, 1.807) is 0 Å². The first-order chi connectivity index (χ1) is 15.5. The SMILES string of the molecule is Cc1ccc([C@@H]2c3cccn3-c3ccccc3CN2C(=O)Nc2cccc(Cl)c2C)cc1. The number of carbonyl (C=O) groups is 1. The zero-order valence-corrected chi connectivity index (χ0v) is 18.8. The first kappa shape index (κ1) is 20.4. The number of carbonyl (C=O) groups excluding carboxylic acids is 1. The Balaban J connectivity index is 1.64. The van der Waals surface area contributed by atoms with Crippen molar-refractivity contribution >= 4 is 23.3 Å². The molecule has 0 aliphatic carbocycles. The zero-order chi connectivity index (χ0) is 22.2. The first-order valence-electron chi connectivity index (χ1n) is 10.7. The average Bonchev–Trinajstić information content (AvgIpc) is 3.22. The normalized spacial score (nSPS) is 15.0. The van der Waals surface area contributed by atoms with Crippen LogP contribution >= 0.6 is 11.6 Å². The second-order valence-electron chi connectivity index (χ2n) is 8.22. The van der Waals surface area contributed by atoms with Crippen LogP contribution in [0, 0.1) is 13.8 Å². The van der Waals surface area contributed by atoms with Crippen molar-refractivity contribution in [3.63, 3.8) is 0 Å². The van der Waals surface area contributed by atoms with Crippen LogP contribution < -0.4 is 5.32 Å². The van der Waals surface area contributed by atoms with Gasteiger partial charge in [0.1, 0.15) is 0 Å². The molecule has 1 aliphatic heterocycles. The smallest absolute Gasteiger partial charge is 0.318 e. The molecule has 160 valence electrons. The summed E-state index contributed by atoms with van der Waals surface area (Å²) in [6, 6.07) is 26.0. The molecule has 4 nitrogen and oxygen atoms in total. The van der Waals surface area contributed by atoms with Crippen LogP contribution in [-0.4, -0.2) is 15.5 Å². The number of aryl methyl sites for hydroxylation is 1. The number of fused-ring (bicyclic) bond motifs is 3. The number of aromatic nitrogens is 1. The Kier molecular flexibility index (Phi) is 5.24. The fraction of sp³-hybridized carbons (Fsp3) is 0.148. The van der Waals surface area contributed by atoms with Gasteiger partial charge in [0.25, 0.3) is 0 Å². The van der Waals surface area contributed by atoms with E-state index in [-0.39, 0.29) is 12.1 Å². The molecule has 0 spiro atoms. The van der Waals surface area contributed by atoms with Gasteiger partial charge in [0, 0.05) is 22.6 Å². The van der Waals surface area contributed by atoms with Gasteiger partial charge in [0.2, 0.25) is 0 Å². The van der Waals surface area contributed by atoms with Crippen molar-refractivity contribution in [3.05, 3.63) is 118 Å². The van der Waals surface area contributed by atoms with Gasteiger partial charge in [-0.2, -0.15) is 0 Å². The highest BCUT2D eigenvalue weighted by molar-refractivity contribution is 6.31. The van der Waals surface area contributed by atoms with E-state index in [0.717, 1.165) is 33.8 Å². The van der Waals surface area contributed by atoms with Gasteiger partial charge >= 0.3 is 6.03 Å². The van der Waals surface area contributed by atoms with Gasteiger partial charge in [-0.3, -0.25) is 0 Å². The summed E-state index contributed by atoms with van der Waals surface area (Å²) in [5.74, 6) is 0. The van der Waals surface area contributed by atoms with E-state index in [1.165, 1.54) is 5.56 Å². The maximum atomic E-state index is 13.7. The van der Waals surface area contributed by atoms with E-state index in [4.69, 9.17) is 11.6 Å². The molecule has 5 rings (SSSR count). The van der Waals surface area contributed by atoms with Crippen LogP contribution in [0.5, 0.6) is 0 Å². The molecule has 3 aromatic carbocycles. The molecule has 2 heterocycles. The van der Waals surface area contributed by atoms with Gasteiger partial charge in [0.15, 0.2) is 0 Å². The molecule has 1 aliphatic rings. The summed E-state index contributed by atoms with van der Waals surface area (Å²) in [5, 5.41) is 3.74. The lowest BCUT2D eigenvalue weighted by Gasteiger charge is -2.31. The predicted octanol–water partition coefficient (Wildman–Crippen LogP) is 6.88. The third kappa shape index (κ3) is 3.57. The summed E-state index contributed by atoms with van der Waals surface area (Å²) >= 11 is 6.30. The number of urea groups is 1. The van der Waals surface area contributed by atoms with Crippen molar-refractivity contribution in [1.82, 2.24) is 9.47 Å². The van der Waals surface area contributed by atoms with Gasteiger partial charge in [-0.25, -0.2) is 4.79 Å². The van der Waals surface area contributed by atoms with Crippen molar-refractivity contribution in [2.75, 3.05) is 5.32 Å². The molecule has 0 unspecified atom stereocenters. The number of halogens is 1. The minimum atomic E-state index is -0.238. The zero-order valence-electron chi connectivity index (χ0n) is 18.0. The monoisotopic (exact) mass is 441 g/mol. The highest BCUT2D eigenvalue weighted by Crippen LogP contribution is 2.37. The Hall–Kier alpha value is -3.50. The van der Waals surface area contributed by atoms with Crippen LogP contribution in [0.15, 0.2) is 85.1 Å². The van der Waals surface area contributed by atoms with Crippen LogP contribution in [-0.2, 0) is 6.54 Å². The molecule has 5 heteroatoms. The number of benzene rings is 3. The Morgan fingerprint density at radius 2 is 1.72 bits per heavy atom. The third-order valence-electron chi connectivity index (χ3n) is 6.13. The number of para-hydroxylation sites is 1. The lowest BCUT2D eigenvalue weighted by atomic mass is 10.0. The van der Waals surface area contributed by atoms with E-state index in [9.17, 15) is 4.79 Å².